The molecule has 0 saturated carbocycles. The van der Waals surface area contributed by atoms with E-state index in [0.29, 0.717) is 16.9 Å². The van der Waals surface area contributed by atoms with Crippen LogP contribution in [0.4, 0.5) is 0 Å². The van der Waals surface area contributed by atoms with Gasteiger partial charge in [0.15, 0.2) is 11.6 Å². The van der Waals surface area contributed by atoms with Crippen LogP contribution in [-0.4, -0.2) is 31.8 Å². The lowest BCUT2D eigenvalue weighted by molar-refractivity contribution is -0.143. The summed E-state index contributed by atoms with van der Waals surface area (Å²) in [6, 6.07) is 12.2. The number of methoxy groups -OCH3 is 2. The van der Waals surface area contributed by atoms with Crippen LogP contribution in [0.5, 0.6) is 5.75 Å². The van der Waals surface area contributed by atoms with E-state index in [2.05, 4.69) is 0 Å². The molecule has 0 bridgehead atoms. The summed E-state index contributed by atoms with van der Waals surface area (Å²) >= 11 is 0. The summed E-state index contributed by atoms with van der Waals surface area (Å²) in [4.78, 5) is 37.9. The highest BCUT2D eigenvalue weighted by Gasteiger charge is 2.31. The Morgan fingerprint density at radius 2 is 1.54 bits per heavy atom. The van der Waals surface area contributed by atoms with E-state index in [4.69, 9.17) is 9.47 Å². The number of hydrogen-bond donors (Lipinski definition) is 0. The number of benzene rings is 2. The highest BCUT2D eigenvalue weighted by Crippen LogP contribution is 2.25. The third kappa shape index (κ3) is 4.30. The van der Waals surface area contributed by atoms with Crippen LogP contribution in [-0.2, 0) is 22.4 Å². The quantitative estimate of drug-likeness (QED) is 0.415. The minimum absolute atomic E-state index is 0.227. The number of ketones is 2. The van der Waals surface area contributed by atoms with Crippen LogP contribution in [0.2, 0.25) is 0 Å². The van der Waals surface area contributed by atoms with Gasteiger partial charge in [0.05, 0.1) is 14.2 Å². The molecule has 146 valence electrons. The zero-order valence-corrected chi connectivity index (χ0v) is 16.2. The Morgan fingerprint density at radius 3 is 2.18 bits per heavy atom. The molecule has 5 heteroatoms. The number of carbonyl (C=O) groups is 3. The molecule has 2 aromatic carbocycles. The Kier molecular flexibility index (Phi) is 6.24. The first kappa shape index (κ1) is 19.8. The van der Waals surface area contributed by atoms with Crippen LogP contribution >= 0.6 is 0 Å². The van der Waals surface area contributed by atoms with E-state index in [0.717, 1.165) is 31.2 Å². The van der Waals surface area contributed by atoms with Gasteiger partial charge in [0.25, 0.3) is 0 Å². The Hall–Kier alpha value is -2.95. The van der Waals surface area contributed by atoms with Crippen molar-refractivity contribution in [3.05, 3.63) is 64.7 Å². The maximum absolute atomic E-state index is 13.0. The van der Waals surface area contributed by atoms with Gasteiger partial charge in [-0.25, -0.2) is 0 Å². The average molecular weight is 380 g/mol. The molecule has 0 aromatic heterocycles. The summed E-state index contributed by atoms with van der Waals surface area (Å²) in [5, 5.41) is 0. The zero-order valence-electron chi connectivity index (χ0n) is 16.2. The highest BCUT2D eigenvalue weighted by molar-refractivity contribution is 6.12. The first-order valence-corrected chi connectivity index (χ1v) is 9.44. The molecule has 1 unspecified atom stereocenters. The molecule has 28 heavy (non-hydrogen) atoms. The standard InChI is InChI=1S/C23H24O5/c1-27-19-11-9-16(10-12-19)21(24)14-20(23(26)28-2)22(25)18-8-7-15-5-3-4-6-17(15)13-18/h7-13,20H,3-6,14H2,1-2H3. The summed E-state index contributed by atoms with van der Waals surface area (Å²) in [5.41, 5.74) is 3.29. The summed E-state index contributed by atoms with van der Waals surface area (Å²) < 4.78 is 9.90. The second-order valence-corrected chi connectivity index (χ2v) is 6.99. The smallest absolute Gasteiger partial charge is 0.317 e. The van der Waals surface area contributed by atoms with Gasteiger partial charge in [-0.1, -0.05) is 12.1 Å². The number of fused-ring (bicyclic) bond motifs is 1. The molecule has 0 heterocycles. The van der Waals surface area contributed by atoms with Crippen molar-refractivity contribution < 1.29 is 23.9 Å². The lowest BCUT2D eigenvalue weighted by Crippen LogP contribution is -2.28. The molecule has 0 N–H and O–H groups in total. The zero-order chi connectivity index (χ0) is 20.1. The second-order valence-electron chi connectivity index (χ2n) is 6.99. The van der Waals surface area contributed by atoms with Crippen LogP contribution < -0.4 is 4.74 Å². The largest absolute Gasteiger partial charge is 0.497 e. The van der Waals surface area contributed by atoms with Crippen LogP contribution in [0.25, 0.3) is 0 Å². The van der Waals surface area contributed by atoms with Crippen LogP contribution in [0.1, 0.15) is 51.1 Å². The van der Waals surface area contributed by atoms with E-state index in [1.54, 1.807) is 37.4 Å². The SMILES string of the molecule is COC(=O)C(CC(=O)c1ccc(OC)cc1)C(=O)c1ccc2c(c1)CCCC2. The number of ether oxygens (including phenoxy) is 2. The molecule has 0 radical (unpaired) electrons. The van der Waals surface area contributed by atoms with Crippen molar-refractivity contribution in [1.82, 2.24) is 0 Å². The lowest BCUT2D eigenvalue weighted by atomic mass is 9.86. The van der Waals surface area contributed by atoms with Gasteiger partial charge in [-0.3, -0.25) is 14.4 Å². The Morgan fingerprint density at radius 1 is 0.893 bits per heavy atom. The van der Waals surface area contributed by atoms with E-state index >= 15 is 0 Å². The van der Waals surface area contributed by atoms with Crippen molar-refractivity contribution in [1.29, 1.82) is 0 Å². The number of carbonyl (C=O) groups excluding carboxylic acids is 3. The van der Waals surface area contributed by atoms with E-state index < -0.39 is 11.9 Å². The first-order chi connectivity index (χ1) is 13.5. The van der Waals surface area contributed by atoms with Crippen molar-refractivity contribution in [2.75, 3.05) is 14.2 Å². The van der Waals surface area contributed by atoms with Crippen molar-refractivity contribution >= 4 is 17.5 Å². The molecule has 5 nitrogen and oxygen atoms in total. The molecule has 3 rings (SSSR count). The number of hydrogen-bond acceptors (Lipinski definition) is 5. The summed E-state index contributed by atoms with van der Waals surface area (Å²) in [7, 11) is 2.77. The summed E-state index contributed by atoms with van der Waals surface area (Å²) in [6.45, 7) is 0. The molecule has 2 aromatic rings. The van der Waals surface area contributed by atoms with Crippen molar-refractivity contribution in [2.45, 2.75) is 32.1 Å². The Balaban J connectivity index is 1.82. The minimum atomic E-state index is -1.15. The number of aryl methyl sites for hydroxylation is 2. The minimum Gasteiger partial charge on any atom is -0.497 e. The Labute approximate surface area is 164 Å². The molecule has 0 aliphatic heterocycles. The number of Topliss-reactive ketones (excluding diaryl/α,β-unsaturated/α-hetero) is 2. The van der Waals surface area contributed by atoms with Crippen molar-refractivity contribution in [3.63, 3.8) is 0 Å². The van der Waals surface area contributed by atoms with Crippen molar-refractivity contribution in [3.8, 4) is 5.75 Å². The maximum Gasteiger partial charge on any atom is 0.317 e. The van der Waals surface area contributed by atoms with Gasteiger partial charge >= 0.3 is 5.97 Å². The van der Waals surface area contributed by atoms with E-state index in [1.165, 1.54) is 12.7 Å². The molecule has 0 saturated heterocycles. The molecule has 1 atom stereocenters. The van der Waals surface area contributed by atoms with Crippen LogP contribution in [0.3, 0.4) is 0 Å². The third-order valence-corrected chi connectivity index (χ3v) is 5.24. The van der Waals surface area contributed by atoms with Crippen molar-refractivity contribution in [2.24, 2.45) is 5.92 Å². The predicted molar refractivity (Wildman–Crippen MR) is 105 cm³/mol. The molecule has 0 fully saturated rings. The van der Waals surface area contributed by atoms with Gasteiger partial charge in [0.2, 0.25) is 0 Å². The fraction of sp³-hybridized carbons (Fsp3) is 0.348. The normalized spacial score (nSPS) is 13.9. The summed E-state index contributed by atoms with van der Waals surface area (Å²) in [6.07, 6.45) is 3.97. The lowest BCUT2D eigenvalue weighted by Gasteiger charge is -2.18. The Bertz CT molecular complexity index is 882. The molecular weight excluding hydrogens is 356 g/mol. The molecular formula is C23H24O5. The second kappa shape index (κ2) is 8.83. The van der Waals surface area contributed by atoms with Gasteiger partial charge in [-0.05, 0) is 67.1 Å². The first-order valence-electron chi connectivity index (χ1n) is 9.44. The molecule has 1 aliphatic carbocycles. The molecule has 0 spiro atoms. The maximum atomic E-state index is 13.0. The highest BCUT2D eigenvalue weighted by atomic mass is 16.5. The predicted octanol–water partition coefficient (Wildman–Crippen LogP) is 3.82. The average Bonchev–Trinajstić information content (AvgIpc) is 2.76. The van der Waals surface area contributed by atoms with Crippen LogP contribution in [0.15, 0.2) is 42.5 Å². The van der Waals surface area contributed by atoms with Crippen LogP contribution in [0, 0.1) is 5.92 Å². The summed E-state index contributed by atoms with van der Waals surface area (Å²) in [5.74, 6) is -1.87. The van der Waals surface area contributed by atoms with Gasteiger partial charge in [0.1, 0.15) is 11.7 Å². The fourth-order valence-electron chi connectivity index (χ4n) is 3.59. The third-order valence-electron chi connectivity index (χ3n) is 5.24. The topological polar surface area (TPSA) is 69.7 Å². The monoisotopic (exact) mass is 380 g/mol. The van der Waals surface area contributed by atoms with Gasteiger partial charge in [0, 0.05) is 17.5 Å². The number of rotatable bonds is 7. The van der Waals surface area contributed by atoms with Gasteiger partial charge in [-0.2, -0.15) is 0 Å². The van der Waals surface area contributed by atoms with E-state index in [9.17, 15) is 14.4 Å². The fourth-order valence-corrected chi connectivity index (χ4v) is 3.59. The molecule has 1 aliphatic rings. The van der Waals surface area contributed by atoms with E-state index in [1.807, 2.05) is 12.1 Å². The van der Waals surface area contributed by atoms with E-state index in [-0.39, 0.29) is 18.0 Å². The van der Waals surface area contributed by atoms with Gasteiger partial charge in [-0.15, -0.1) is 0 Å². The molecule has 0 amide bonds. The van der Waals surface area contributed by atoms with Gasteiger partial charge < -0.3 is 9.47 Å². The number of esters is 1.